The van der Waals surface area contributed by atoms with Gasteiger partial charge in [-0.05, 0) is 65.4 Å². The van der Waals surface area contributed by atoms with Crippen molar-refractivity contribution in [2.24, 2.45) is 4.99 Å². The molecule has 6 rings (SSSR count). The van der Waals surface area contributed by atoms with Crippen LogP contribution in [-0.2, 0) is 6.42 Å². The van der Waals surface area contributed by atoms with Crippen molar-refractivity contribution in [2.45, 2.75) is 18.9 Å². The first kappa shape index (κ1) is 23.3. The Hall–Kier alpha value is -4.10. The van der Waals surface area contributed by atoms with Gasteiger partial charge in [-0.1, -0.05) is 53.8 Å². The molecule has 37 heavy (non-hydrogen) atoms. The van der Waals surface area contributed by atoms with E-state index in [1.807, 2.05) is 47.0 Å². The van der Waals surface area contributed by atoms with Crippen LogP contribution in [0.3, 0.4) is 0 Å². The van der Waals surface area contributed by atoms with E-state index < -0.39 is 0 Å². The zero-order valence-electron chi connectivity index (χ0n) is 20.9. The van der Waals surface area contributed by atoms with Crippen LogP contribution in [0.5, 0.6) is 17.2 Å². The minimum absolute atomic E-state index is 0.0586. The van der Waals surface area contributed by atoms with Crippen molar-refractivity contribution in [1.29, 1.82) is 0 Å². The molecular formula is C30H26N2O4S. The molecule has 6 nitrogen and oxygen atoms in total. The molecule has 186 valence electrons. The molecule has 1 aliphatic heterocycles. The van der Waals surface area contributed by atoms with Gasteiger partial charge in [0.2, 0.25) is 0 Å². The number of hydrogen-bond acceptors (Lipinski definition) is 6. The van der Waals surface area contributed by atoms with Gasteiger partial charge in [0.05, 0.1) is 37.6 Å². The van der Waals surface area contributed by atoms with Gasteiger partial charge in [0, 0.05) is 5.56 Å². The van der Waals surface area contributed by atoms with Crippen LogP contribution in [-0.4, -0.2) is 25.9 Å². The SMILES string of the molecule is COc1cccc([C@H]2C3=C(N=c4s/c(=C/c5ccc(OC)c(OC)c5)c(=O)n42)c2ccccc2CC3)c1. The Morgan fingerprint density at radius 2 is 1.76 bits per heavy atom. The van der Waals surface area contributed by atoms with Gasteiger partial charge in [0.15, 0.2) is 16.3 Å². The Morgan fingerprint density at radius 3 is 2.57 bits per heavy atom. The predicted octanol–water partition coefficient (Wildman–Crippen LogP) is 4.34. The van der Waals surface area contributed by atoms with Crippen LogP contribution < -0.4 is 29.1 Å². The summed E-state index contributed by atoms with van der Waals surface area (Å²) in [5, 5.41) is 0. The molecule has 2 aliphatic rings. The van der Waals surface area contributed by atoms with E-state index in [4.69, 9.17) is 19.2 Å². The van der Waals surface area contributed by atoms with Gasteiger partial charge in [-0.15, -0.1) is 0 Å². The highest BCUT2D eigenvalue weighted by Crippen LogP contribution is 2.41. The van der Waals surface area contributed by atoms with E-state index in [0.717, 1.165) is 46.6 Å². The van der Waals surface area contributed by atoms with Gasteiger partial charge in [0.25, 0.3) is 5.56 Å². The molecule has 1 atom stereocenters. The molecule has 0 fully saturated rings. The summed E-state index contributed by atoms with van der Waals surface area (Å²) in [7, 11) is 4.87. The number of aryl methyl sites for hydroxylation is 1. The van der Waals surface area contributed by atoms with Crippen LogP contribution in [0.15, 0.2) is 82.1 Å². The summed E-state index contributed by atoms with van der Waals surface area (Å²) in [6.45, 7) is 0. The van der Waals surface area contributed by atoms with E-state index >= 15 is 0 Å². The summed E-state index contributed by atoms with van der Waals surface area (Å²) >= 11 is 1.41. The summed E-state index contributed by atoms with van der Waals surface area (Å²) in [5.74, 6) is 2.02. The van der Waals surface area contributed by atoms with E-state index in [9.17, 15) is 4.79 Å². The summed E-state index contributed by atoms with van der Waals surface area (Å²) < 4.78 is 18.8. The number of nitrogens with zero attached hydrogens (tertiary/aromatic N) is 2. The quantitative estimate of drug-likeness (QED) is 0.401. The molecule has 0 saturated carbocycles. The van der Waals surface area contributed by atoms with E-state index in [1.54, 1.807) is 21.3 Å². The predicted molar refractivity (Wildman–Crippen MR) is 145 cm³/mol. The van der Waals surface area contributed by atoms with Crippen LogP contribution in [0.1, 0.15) is 34.7 Å². The van der Waals surface area contributed by atoms with Crippen molar-refractivity contribution in [3.63, 3.8) is 0 Å². The molecule has 4 aromatic rings. The first-order valence-electron chi connectivity index (χ1n) is 12.1. The molecule has 0 radical (unpaired) electrons. The average molecular weight is 511 g/mol. The monoisotopic (exact) mass is 510 g/mol. The lowest BCUT2D eigenvalue weighted by Gasteiger charge is -2.31. The number of allylic oxidation sites excluding steroid dienone is 1. The second-order valence-electron chi connectivity index (χ2n) is 9.00. The van der Waals surface area contributed by atoms with E-state index in [1.165, 1.54) is 16.9 Å². The van der Waals surface area contributed by atoms with Crippen molar-refractivity contribution in [2.75, 3.05) is 21.3 Å². The zero-order chi connectivity index (χ0) is 25.5. The largest absolute Gasteiger partial charge is 0.497 e. The second-order valence-corrected chi connectivity index (χ2v) is 10.0. The Bertz CT molecular complexity index is 1730. The van der Waals surface area contributed by atoms with Gasteiger partial charge in [-0.25, -0.2) is 4.99 Å². The highest BCUT2D eigenvalue weighted by Gasteiger charge is 2.32. The summed E-state index contributed by atoms with van der Waals surface area (Å²) in [5.41, 5.74) is 6.39. The number of rotatable bonds is 5. The van der Waals surface area contributed by atoms with Crippen molar-refractivity contribution < 1.29 is 14.2 Å². The van der Waals surface area contributed by atoms with E-state index in [2.05, 4.69) is 30.3 Å². The highest BCUT2D eigenvalue weighted by atomic mass is 32.1. The fraction of sp³-hybridized carbons (Fsp3) is 0.200. The number of methoxy groups -OCH3 is 3. The van der Waals surface area contributed by atoms with Gasteiger partial charge in [0.1, 0.15) is 5.75 Å². The highest BCUT2D eigenvalue weighted by molar-refractivity contribution is 7.07. The maximum absolute atomic E-state index is 13.9. The minimum Gasteiger partial charge on any atom is -0.497 e. The van der Waals surface area contributed by atoms with Crippen LogP contribution in [0.4, 0.5) is 0 Å². The third-order valence-corrected chi connectivity index (χ3v) is 7.97. The Balaban J connectivity index is 1.59. The Labute approximate surface area is 218 Å². The maximum Gasteiger partial charge on any atom is 0.271 e. The van der Waals surface area contributed by atoms with Crippen molar-refractivity contribution in [1.82, 2.24) is 4.57 Å². The normalized spacial score (nSPS) is 16.4. The molecule has 0 saturated heterocycles. The van der Waals surface area contributed by atoms with Gasteiger partial charge >= 0.3 is 0 Å². The standard InChI is InChI=1S/C30H26N2O4S/c1-34-21-9-6-8-20(17-21)28-23-13-12-19-7-4-5-10-22(19)27(23)31-30-32(28)29(33)26(37-30)16-18-11-14-24(35-2)25(15-18)36-3/h4-11,14-17,28H,12-13H2,1-3H3/b26-16+/t28-/m0/s1. The molecule has 1 aliphatic carbocycles. The molecule has 7 heteroatoms. The van der Waals surface area contributed by atoms with Crippen LogP contribution in [0.2, 0.25) is 0 Å². The molecule has 0 spiro atoms. The lowest BCUT2D eigenvalue weighted by Crippen LogP contribution is -2.38. The smallest absolute Gasteiger partial charge is 0.271 e. The number of fused-ring (bicyclic) bond motifs is 3. The lowest BCUT2D eigenvalue weighted by molar-refractivity contribution is 0.355. The number of aromatic nitrogens is 1. The van der Waals surface area contributed by atoms with Gasteiger partial charge in [-0.3, -0.25) is 9.36 Å². The summed E-state index contributed by atoms with van der Waals surface area (Å²) in [6.07, 6.45) is 3.66. The van der Waals surface area contributed by atoms with Crippen LogP contribution in [0.25, 0.3) is 11.8 Å². The number of thiazole rings is 1. The zero-order valence-corrected chi connectivity index (χ0v) is 21.7. The minimum atomic E-state index is -0.248. The summed E-state index contributed by atoms with van der Waals surface area (Å²) in [4.78, 5) is 19.7. The average Bonchev–Trinajstić information content (AvgIpc) is 3.25. The molecule has 0 N–H and O–H groups in total. The van der Waals surface area contributed by atoms with Crippen molar-refractivity contribution >= 4 is 23.1 Å². The molecule has 2 heterocycles. The molecule has 1 aromatic heterocycles. The topological polar surface area (TPSA) is 62.0 Å². The first-order chi connectivity index (χ1) is 18.1. The lowest BCUT2D eigenvalue weighted by atomic mass is 9.83. The first-order valence-corrected chi connectivity index (χ1v) is 12.9. The molecule has 0 amide bonds. The molecular weight excluding hydrogens is 484 g/mol. The third-order valence-electron chi connectivity index (χ3n) is 6.99. The van der Waals surface area contributed by atoms with Crippen LogP contribution in [0, 0.1) is 0 Å². The van der Waals surface area contributed by atoms with E-state index in [0.29, 0.717) is 20.8 Å². The fourth-order valence-electron chi connectivity index (χ4n) is 5.23. The summed E-state index contributed by atoms with van der Waals surface area (Å²) in [6, 6.07) is 21.8. The Kier molecular flexibility index (Phi) is 5.93. The third kappa shape index (κ3) is 3.96. The molecule has 0 unspecified atom stereocenters. The van der Waals surface area contributed by atoms with E-state index in [-0.39, 0.29) is 11.6 Å². The van der Waals surface area contributed by atoms with Crippen LogP contribution >= 0.6 is 11.3 Å². The maximum atomic E-state index is 13.9. The molecule has 0 bridgehead atoms. The Morgan fingerprint density at radius 1 is 0.919 bits per heavy atom. The molecule has 3 aromatic carbocycles. The van der Waals surface area contributed by atoms with Gasteiger partial charge in [-0.2, -0.15) is 0 Å². The van der Waals surface area contributed by atoms with Crippen molar-refractivity contribution in [3.8, 4) is 17.2 Å². The number of benzene rings is 3. The second kappa shape index (κ2) is 9.41. The number of hydrogen-bond donors (Lipinski definition) is 0. The number of ether oxygens (including phenoxy) is 3. The fourth-order valence-corrected chi connectivity index (χ4v) is 6.23. The van der Waals surface area contributed by atoms with Crippen molar-refractivity contribution in [3.05, 3.63) is 114 Å². The van der Waals surface area contributed by atoms with Gasteiger partial charge < -0.3 is 14.2 Å².